The third kappa shape index (κ3) is 1.81. The minimum Gasteiger partial charge on any atom is -0.383 e. The fourth-order valence-electron chi connectivity index (χ4n) is 2.17. The average molecular weight is 233 g/mol. The van der Waals surface area contributed by atoms with E-state index >= 15 is 0 Å². The number of nitrogens with two attached hydrogens (primary N) is 1. The third-order valence-electron chi connectivity index (χ3n) is 3.01. The summed E-state index contributed by atoms with van der Waals surface area (Å²) in [5.41, 5.74) is 9.08. The Morgan fingerprint density at radius 2 is 2.06 bits per heavy atom. The number of nitrogen functional groups attached to an aromatic ring is 1. The third-order valence-corrected chi connectivity index (χ3v) is 3.01. The SMILES string of the molecule is CCc1nn(C)cc1-c1nc(C)n(CC)c1N. The van der Waals surface area contributed by atoms with Crippen molar-refractivity contribution in [1.82, 2.24) is 19.3 Å². The van der Waals surface area contributed by atoms with E-state index in [1.54, 1.807) is 0 Å². The highest BCUT2D eigenvalue weighted by Crippen LogP contribution is 2.28. The lowest BCUT2D eigenvalue weighted by molar-refractivity contribution is 0.739. The van der Waals surface area contributed by atoms with Crippen LogP contribution >= 0.6 is 0 Å². The van der Waals surface area contributed by atoms with Crippen LogP contribution in [0.3, 0.4) is 0 Å². The van der Waals surface area contributed by atoms with Gasteiger partial charge in [0, 0.05) is 25.4 Å². The topological polar surface area (TPSA) is 61.7 Å². The molecule has 0 aliphatic rings. The van der Waals surface area contributed by atoms with Gasteiger partial charge in [0.05, 0.1) is 5.69 Å². The molecule has 2 aromatic heterocycles. The summed E-state index contributed by atoms with van der Waals surface area (Å²) in [6.45, 7) is 6.97. The first kappa shape index (κ1) is 11.7. The van der Waals surface area contributed by atoms with E-state index in [4.69, 9.17) is 5.73 Å². The summed E-state index contributed by atoms with van der Waals surface area (Å²) in [6, 6.07) is 0. The van der Waals surface area contributed by atoms with Crippen molar-refractivity contribution in [3.8, 4) is 11.3 Å². The first-order valence-corrected chi connectivity index (χ1v) is 5.93. The molecule has 2 rings (SSSR count). The maximum Gasteiger partial charge on any atom is 0.131 e. The van der Waals surface area contributed by atoms with Gasteiger partial charge in [0.15, 0.2) is 0 Å². The van der Waals surface area contributed by atoms with Crippen molar-refractivity contribution in [2.75, 3.05) is 5.73 Å². The Morgan fingerprint density at radius 1 is 1.35 bits per heavy atom. The molecule has 0 bridgehead atoms. The van der Waals surface area contributed by atoms with Crippen LogP contribution in [0.1, 0.15) is 25.4 Å². The highest BCUT2D eigenvalue weighted by Gasteiger charge is 2.17. The van der Waals surface area contributed by atoms with Gasteiger partial charge in [0.2, 0.25) is 0 Å². The highest BCUT2D eigenvalue weighted by atomic mass is 15.3. The first-order chi connectivity index (χ1) is 8.08. The van der Waals surface area contributed by atoms with Gasteiger partial charge >= 0.3 is 0 Å². The van der Waals surface area contributed by atoms with Crippen LogP contribution in [0, 0.1) is 6.92 Å². The quantitative estimate of drug-likeness (QED) is 0.878. The maximum absolute atomic E-state index is 6.14. The molecule has 0 spiro atoms. The number of aryl methyl sites for hydroxylation is 3. The summed E-state index contributed by atoms with van der Waals surface area (Å²) in [4.78, 5) is 4.56. The van der Waals surface area contributed by atoms with E-state index in [0.29, 0.717) is 0 Å². The first-order valence-electron chi connectivity index (χ1n) is 5.93. The van der Waals surface area contributed by atoms with Crippen LogP contribution in [0.5, 0.6) is 0 Å². The van der Waals surface area contributed by atoms with E-state index in [0.717, 1.165) is 41.6 Å². The molecule has 2 N–H and O–H groups in total. The zero-order chi connectivity index (χ0) is 12.6. The Morgan fingerprint density at radius 3 is 2.59 bits per heavy atom. The Labute approximate surface area is 101 Å². The zero-order valence-electron chi connectivity index (χ0n) is 10.9. The van der Waals surface area contributed by atoms with Crippen LogP contribution in [0.4, 0.5) is 5.82 Å². The molecule has 0 saturated heterocycles. The lowest BCUT2D eigenvalue weighted by Gasteiger charge is -2.03. The van der Waals surface area contributed by atoms with Gasteiger partial charge in [-0.2, -0.15) is 5.10 Å². The van der Waals surface area contributed by atoms with Gasteiger partial charge in [0.25, 0.3) is 0 Å². The molecule has 5 heteroatoms. The van der Waals surface area contributed by atoms with Crippen molar-refractivity contribution in [3.05, 3.63) is 17.7 Å². The number of hydrogen-bond donors (Lipinski definition) is 1. The molecular weight excluding hydrogens is 214 g/mol. The van der Waals surface area contributed by atoms with Crippen LogP contribution in [-0.2, 0) is 20.0 Å². The molecule has 0 amide bonds. The standard InChI is InChI=1S/C12H19N5/c1-5-10-9(7-16(4)15-10)11-12(13)17(6-2)8(3)14-11/h7H,5-6,13H2,1-4H3. The molecule has 5 nitrogen and oxygen atoms in total. The summed E-state index contributed by atoms with van der Waals surface area (Å²) in [7, 11) is 1.92. The molecule has 2 aromatic rings. The molecule has 17 heavy (non-hydrogen) atoms. The number of anilines is 1. The molecule has 0 fully saturated rings. The van der Waals surface area contributed by atoms with Crippen LogP contribution in [0.2, 0.25) is 0 Å². The van der Waals surface area contributed by atoms with Crippen LogP contribution < -0.4 is 5.73 Å². The maximum atomic E-state index is 6.14. The van der Waals surface area contributed by atoms with E-state index in [1.165, 1.54) is 0 Å². The Hall–Kier alpha value is -1.78. The van der Waals surface area contributed by atoms with E-state index < -0.39 is 0 Å². The van der Waals surface area contributed by atoms with Crippen molar-refractivity contribution in [2.24, 2.45) is 7.05 Å². The zero-order valence-corrected chi connectivity index (χ0v) is 10.9. The predicted octanol–water partition coefficient (Wildman–Crippen LogP) is 1.76. The second-order valence-electron chi connectivity index (χ2n) is 4.15. The van der Waals surface area contributed by atoms with Crippen molar-refractivity contribution in [3.63, 3.8) is 0 Å². The summed E-state index contributed by atoms with van der Waals surface area (Å²) >= 11 is 0. The smallest absolute Gasteiger partial charge is 0.131 e. The average Bonchev–Trinajstić information content (AvgIpc) is 2.79. The fourth-order valence-corrected chi connectivity index (χ4v) is 2.17. The van der Waals surface area contributed by atoms with Crippen molar-refractivity contribution in [2.45, 2.75) is 33.7 Å². The number of hydrogen-bond acceptors (Lipinski definition) is 3. The normalized spacial score (nSPS) is 11.1. The summed E-state index contributed by atoms with van der Waals surface area (Å²) in [5, 5.41) is 4.42. The molecule has 0 aromatic carbocycles. The summed E-state index contributed by atoms with van der Waals surface area (Å²) < 4.78 is 3.83. The minimum absolute atomic E-state index is 0.729. The number of imidazole rings is 1. The van der Waals surface area contributed by atoms with Crippen molar-refractivity contribution in [1.29, 1.82) is 0 Å². The number of aromatic nitrogens is 4. The Bertz CT molecular complexity index is 535. The molecule has 0 unspecified atom stereocenters. The van der Waals surface area contributed by atoms with Gasteiger partial charge in [-0.1, -0.05) is 6.92 Å². The molecule has 2 heterocycles. The van der Waals surface area contributed by atoms with Gasteiger partial charge in [-0.25, -0.2) is 4.98 Å². The summed E-state index contributed by atoms with van der Waals surface area (Å²) in [5.74, 6) is 1.68. The lowest BCUT2D eigenvalue weighted by Crippen LogP contribution is -2.02. The predicted molar refractivity (Wildman–Crippen MR) is 68.6 cm³/mol. The number of nitrogens with zero attached hydrogens (tertiary/aromatic N) is 4. The molecule has 0 aliphatic heterocycles. The van der Waals surface area contributed by atoms with Crippen molar-refractivity contribution < 1.29 is 0 Å². The number of rotatable bonds is 3. The van der Waals surface area contributed by atoms with E-state index in [2.05, 4.69) is 23.9 Å². The summed E-state index contributed by atoms with van der Waals surface area (Å²) in [6.07, 6.45) is 2.87. The van der Waals surface area contributed by atoms with Gasteiger partial charge in [0.1, 0.15) is 17.3 Å². The highest BCUT2D eigenvalue weighted by molar-refractivity contribution is 5.72. The molecule has 92 valence electrons. The second-order valence-corrected chi connectivity index (χ2v) is 4.15. The second kappa shape index (κ2) is 4.24. The molecule has 0 radical (unpaired) electrons. The van der Waals surface area contributed by atoms with Gasteiger partial charge in [-0.15, -0.1) is 0 Å². The molecule has 0 aliphatic carbocycles. The van der Waals surface area contributed by atoms with E-state index in [1.807, 2.05) is 29.4 Å². The van der Waals surface area contributed by atoms with E-state index in [9.17, 15) is 0 Å². The molecular formula is C12H19N5. The fraction of sp³-hybridized carbons (Fsp3) is 0.500. The van der Waals surface area contributed by atoms with Crippen LogP contribution in [-0.4, -0.2) is 19.3 Å². The van der Waals surface area contributed by atoms with Gasteiger partial charge < -0.3 is 10.3 Å². The van der Waals surface area contributed by atoms with Gasteiger partial charge in [-0.3, -0.25) is 4.68 Å². The Kier molecular flexibility index (Phi) is 2.92. The van der Waals surface area contributed by atoms with E-state index in [-0.39, 0.29) is 0 Å². The van der Waals surface area contributed by atoms with Crippen LogP contribution in [0.25, 0.3) is 11.3 Å². The molecule has 0 saturated carbocycles. The van der Waals surface area contributed by atoms with Crippen molar-refractivity contribution >= 4 is 5.82 Å². The monoisotopic (exact) mass is 233 g/mol. The lowest BCUT2D eigenvalue weighted by atomic mass is 10.1. The molecule has 0 atom stereocenters. The van der Waals surface area contributed by atoms with Gasteiger partial charge in [-0.05, 0) is 20.3 Å². The van der Waals surface area contributed by atoms with Crippen LogP contribution in [0.15, 0.2) is 6.20 Å². The Balaban J connectivity index is 2.60. The minimum atomic E-state index is 0.729. The largest absolute Gasteiger partial charge is 0.383 e.